The molecule has 0 radical (unpaired) electrons. The van der Waals surface area contributed by atoms with Crippen LogP contribution in [0.4, 0.5) is 0 Å². The van der Waals surface area contributed by atoms with Gasteiger partial charge in [-0.15, -0.1) is 11.8 Å². The summed E-state index contributed by atoms with van der Waals surface area (Å²) >= 11 is 1.72. The number of aromatic nitrogens is 1. The highest BCUT2D eigenvalue weighted by atomic mass is 32.2. The summed E-state index contributed by atoms with van der Waals surface area (Å²) in [6, 6.07) is 10.7. The zero-order valence-corrected chi connectivity index (χ0v) is 9.71. The molecule has 0 saturated carbocycles. The fourth-order valence-corrected chi connectivity index (χ4v) is 1.92. The van der Waals surface area contributed by atoms with Crippen LogP contribution in [0, 0.1) is 6.92 Å². The average molecular weight is 215 g/mol. The lowest BCUT2D eigenvalue weighted by atomic mass is 10.1. The predicted octanol–water partition coefficient (Wildman–Crippen LogP) is 3.78. The van der Waals surface area contributed by atoms with E-state index in [4.69, 9.17) is 0 Å². The summed E-state index contributed by atoms with van der Waals surface area (Å²) in [6.45, 7) is 2.11. The Hall–Kier alpha value is -1.28. The smallest absolute Gasteiger partial charge is 0.0404 e. The van der Waals surface area contributed by atoms with Crippen molar-refractivity contribution >= 4 is 11.8 Å². The minimum Gasteiger partial charge on any atom is -0.263 e. The van der Waals surface area contributed by atoms with Crippen LogP contribution >= 0.6 is 11.8 Å². The van der Waals surface area contributed by atoms with Crippen molar-refractivity contribution in [2.45, 2.75) is 11.8 Å². The van der Waals surface area contributed by atoms with E-state index < -0.39 is 0 Å². The molecule has 2 rings (SSSR count). The third-order valence-corrected chi connectivity index (χ3v) is 2.99. The molecule has 0 N–H and O–H groups in total. The van der Waals surface area contributed by atoms with E-state index in [1.54, 1.807) is 11.8 Å². The minimum absolute atomic E-state index is 1.19. The summed E-state index contributed by atoms with van der Waals surface area (Å²) in [5, 5.41) is 0. The van der Waals surface area contributed by atoms with Gasteiger partial charge in [-0.3, -0.25) is 4.98 Å². The number of nitrogens with zero attached hydrogens (tertiary/aromatic N) is 1. The Balaban J connectivity index is 2.44. The van der Waals surface area contributed by atoms with Crippen molar-refractivity contribution in [2.24, 2.45) is 0 Å². The SMILES string of the molecule is CSc1cncc(-c2cccc(C)c2)c1. The van der Waals surface area contributed by atoms with Crippen LogP contribution < -0.4 is 0 Å². The van der Waals surface area contributed by atoms with E-state index in [0.717, 1.165) is 0 Å². The second-order valence-electron chi connectivity index (χ2n) is 3.48. The topological polar surface area (TPSA) is 12.9 Å². The lowest BCUT2D eigenvalue weighted by molar-refractivity contribution is 1.24. The average Bonchev–Trinajstić information content (AvgIpc) is 2.29. The van der Waals surface area contributed by atoms with Gasteiger partial charge in [0.2, 0.25) is 0 Å². The first-order valence-corrected chi connectivity index (χ1v) is 6.08. The molecule has 15 heavy (non-hydrogen) atoms. The molecule has 0 aliphatic heterocycles. The quantitative estimate of drug-likeness (QED) is 0.707. The molecule has 0 aliphatic carbocycles. The fourth-order valence-electron chi connectivity index (χ4n) is 1.51. The number of hydrogen-bond acceptors (Lipinski definition) is 2. The van der Waals surface area contributed by atoms with E-state index in [1.165, 1.54) is 21.6 Å². The molecule has 0 bridgehead atoms. The maximum atomic E-state index is 4.24. The van der Waals surface area contributed by atoms with Crippen LogP contribution in [-0.2, 0) is 0 Å². The molecule has 0 fully saturated rings. The van der Waals surface area contributed by atoms with E-state index in [9.17, 15) is 0 Å². The number of hydrogen-bond donors (Lipinski definition) is 0. The van der Waals surface area contributed by atoms with E-state index in [-0.39, 0.29) is 0 Å². The van der Waals surface area contributed by atoms with Gasteiger partial charge in [0.25, 0.3) is 0 Å². The Morgan fingerprint density at radius 3 is 2.67 bits per heavy atom. The van der Waals surface area contributed by atoms with Gasteiger partial charge in [0.1, 0.15) is 0 Å². The maximum Gasteiger partial charge on any atom is 0.0404 e. The normalized spacial score (nSPS) is 10.3. The molecule has 1 nitrogen and oxygen atoms in total. The van der Waals surface area contributed by atoms with Gasteiger partial charge in [-0.1, -0.05) is 29.8 Å². The van der Waals surface area contributed by atoms with Crippen LogP contribution in [0.3, 0.4) is 0 Å². The van der Waals surface area contributed by atoms with Gasteiger partial charge < -0.3 is 0 Å². The van der Waals surface area contributed by atoms with Gasteiger partial charge in [0.05, 0.1) is 0 Å². The van der Waals surface area contributed by atoms with Gasteiger partial charge in [-0.2, -0.15) is 0 Å². The van der Waals surface area contributed by atoms with Crippen molar-refractivity contribution in [3.05, 3.63) is 48.3 Å². The zero-order chi connectivity index (χ0) is 10.7. The summed E-state index contributed by atoms with van der Waals surface area (Å²) in [7, 11) is 0. The predicted molar refractivity (Wildman–Crippen MR) is 66.2 cm³/mol. The van der Waals surface area contributed by atoms with Crippen molar-refractivity contribution in [1.82, 2.24) is 4.98 Å². The van der Waals surface area contributed by atoms with Gasteiger partial charge in [-0.05, 0) is 24.8 Å². The molecule has 0 unspecified atom stereocenters. The fraction of sp³-hybridized carbons (Fsp3) is 0.154. The molecule has 0 amide bonds. The second kappa shape index (κ2) is 4.49. The van der Waals surface area contributed by atoms with Crippen LogP contribution in [-0.4, -0.2) is 11.2 Å². The molecule has 0 spiro atoms. The Bertz CT molecular complexity index is 466. The van der Waals surface area contributed by atoms with Crippen molar-refractivity contribution in [2.75, 3.05) is 6.26 Å². The van der Waals surface area contributed by atoms with E-state index in [1.807, 2.05) is 12.4 Å². The van der Waals surface area contributed by atoms with E-state index >= 15 is 0 Å². The molecule has 0 aliphatic rings. The molecule has 76 valence electrons. The molecule has 2 heteroatoms. The molecule has 0 saturated heterocycles. The maximum absolute atomic E-state index is 4.24. The summed E-state index contributed by atoms with van der Waals surface area (Å²) in [4.78, 5) is 5.44. The molecule has 2 aromatic rings. The minimum atomic E-state index is 1.19. The van der Waals surface area contributed by atoms with Crippen LogP contribution in [0.1, 0.15) is 5.56 Å². The molecular formula is C13H13NS. The Morgan fingerprint density at radius 2 is 1.93 bits per heavy atom. The van der Waals surface area contributed by atoms with Crippen molar-refractivity contribution in [3.63, 3.8) is 0 Å². The van der Waals surface area contributed by atoms with Gasteiger partial charge in [0, 0.05) is 22.9 Å². The number of aryl methyl sites for hydroxylation is 1. The molecule has 1 aromatic heterocycles. The summed E-state index contributed by atoms with van der Waals surface area (Å²) in [5.41, 5.74) is 3.70. The third-order valence-electron chi connectivity index (χ3n) is 2.30. The van der Waals surface area contributed by atoms with E-state index in [0.29, 0.717) is 0 Å². The number of rotatable bonds is 2. The Labute approximate surface area is 94.6 Å². The lowest BCUT2D eigenvalue weighted by Crippen LogP contribution is -1.82. The summed E-state index contributed by atoms with van der Waals surface area (Å²) in [6.07, 6.45) is 5.87. The third kappa shape index (κ3) is 2.39. The molecular weight excluding hydrogens is 202 g/mol. The first-order valence-electron chi connectivity index (χ1n) is 4.85. The van der Waals surface area contributed by atoms with Crippen LogP contribution in [0.2, 0.25) is 0 Å². The standard InChI is InChI=1S/C13H13NS/c1-10-4-3-5-11(6-10)12-7-13(15-2)9-14-8-12/h3-9H,1-2H3. The summed E-state index contributed by atoms with van der Waals surface area (Å²) in [5.74, 6) is 0. The first kappa shape index (κ1) is 10.2. The Morgan fingerprint density at radius 1 is 1.07 bits per heavy atom. The van der Waals surface area contributed by atoms with Crippen molar-refractivity contribution in [3.8, 4) is 11.1 Å². The zero-order valence-electron chi connectivity index (χ0n) is 8.90. The van der Waals surface area contributed by atoms with Crippen LogP contribution in [0.5, 0.6) is 0 Å². The van der Waals surface area contributed by atoms with Crippen molar-refractivity contribution in [1.29, 1.82) is 0 Å². The molecule has 1 aromatic carbocycles. The molecule has 0 atom stereocenters. The van der Waals surface area contributed by atoms with Crippen LogP contribution in [0.15, 0.2) is 47.6 Å². The number of pyridine rings is 1. The Kier molecular flexibility index (Phi) is 3.07. The van der Waals surface area contributed by atoms with Crippen molar-refractivity contribution < 1.29 is 0 Å². The second-order valence-corrected chi connectivity index (χ2v) is 4.36. The van der Waals surface area contributed by atoms with Gasteiger partial charge in [-0.25, -0.2) is 0 Å². The number of thioether (sulfide) groups is 1. The van der Waals surface area contributed by atoms with Crippen LogP contribution in [0.25, 0.3) is 11.1 Å². The monoisotopic (exact) mass is 215 g/mol. The molecule has 1 heterocycles. The largest absolute Gasteiger partial charge is 0.263 e. The van der Waals surface area contributed by atoms with E-state index in [2.05, 4.69) is 48.5 Å². The van der Waals surface area contributed by atoms with Gasteiger partial charge in [0.15, 0.2) is 0 Å². The number of benzene rings is 1. The first-order chi connectivity index (χ1) is 7.29. The highest BCUT2D eigenvalue weighted by molar-refractivity contribution is 7.98. The summed E-state index contributed by atoms with van der Waals surface area (Å²) < 4.78 is 0. The highest BCUT2D eigenvalue weighted by Crippen LogP contribution is 2.23. The van der Waals surface area contributed by atoms with Gasteiger partial charge >= 0.3 is 0 Å². The highest BCUT2D eigenvalue weighted by Gasteiger charge is 1.99. The lowest BCUT2D eigenvalue weighted by Gasteiger charge is -2.03.